The van der Waals surface area contributed by atoms with Gasteiger partial charge in [-0.2, -0.15) is 5.10 Å². The number of aryl methyl sites for hydroxylation is 2. The van der Waals surface area contributed by atoms with Crippen molar-refractivity contribution in [2.75, 3.05) is 6.54 Å². The Balaban J connectivity index is 2.48. The van der Waals surface area contributed by atoms with Crippen LogP contribution in [0.25, 0.3) is 5.70 Å². The maximum atomic E-state index is 11.9. The van der Waals surface area contributed by atoms with Crippen molar-refractivity contribution in [2.45, 2.75) is 20.4 Å². The van der Waals surface area contributed by atoms with Gasteiger partial charge >= 0.3 is 0 Å². The summed E-state index contributed by atoms with van der Waals surface area (Å²) in [4.78, 5) is 16.0. The molecule has 0 unspecified atom stereocenters. The SMILES string of the molecule is CCn1nc(C)c2c1=C(c1ccccc1)N(O)CC(=O)N=2. The van der Waals surface area contributed by atoms with Crippen LogP contribution < -0.4 is 10.7 Å². The molecular formula is C15H16N4O2. The van der Waals surface area contributed by atoms with Crippen molar-refractivity contribution >= 4 is 11.6 Å². The third kappa shape index (κ3) is 2.23. The topological polar surface area (TPSA) is 70.7 Å². The molecule has 0 fully saturated rings. The summed E-state index contributed by atoms with van der Waals surface area (Å²) in [5.41, 5.74) is 2.06. The van der Waals surface area contributed by atoms with Crippen LogP contribution in [0.15, 0.2) is 35.3 Å². The third-order valence-electron chi connectivity index (χ3n) is 3.45. The molecule has 0 atom stereocenters. The van der Waals surface area contributed by atoms with Gasteiger partial charge in [0, 0.05) is 12.1 Å². The Kier molecular flexibility index (Phi) is 3.31. The summed E-state index contributed by atoms with van der Waals surface area (Å²) in [6, 6.07) is 9.46. The lowest BCUT2D eigenvalue weighted by Crippen LogP contribution is -2.36. The van der Waals surface area contributed by atoms with E-state index in [2.05, 4.69) is 10.1 Å². The van der Waals surface area contributed by atoms with E-state index in [0.717, 1.165) is 10.6 Å². The maximum absolute atomic E-state index is 11.9. The Morgan fingerprint density at radius 1 is 1.29 bits per heavy atom. The van der Waals surface area contributed by atoms with E-state index in [1.807, 2.05) is 44.2 Å². The molecule has 3 rings (SSSR count). The number of fused-ring (bicyclic) bond motifs is 1. The van der Waals surface area contributed by atoms with Crippen LogP contribution in [0, 0.1) is 6.92 Å². The first-order valence-corrected chi connectivity index (χ1v) is 6.83. The molecule has 1 aliphatic rings. The minimum atomic E-state index is -0.386. The smallest absolute Gasteiger partial charge is 0.268 e. The minimum absolute atomic E-state index is 0.165. The predicted molar refractivity (Wildman–Crippen MR) is 75.9 cm³/mol. The second-order valence-corrected chi connectivity index (χ2v) is 4.88. The number of rotatable bonds is 2. The lowest BCUT2D eigenvalue weighted by molar-refractivity contribution is -0.125. The zero-order valence-electron chi connectivity index (χ0n) is 11.9. The Morgan fingerprint density at radius 3 is 2.67 bits per heavy atom. The van der Waals surface area contributed by atoms with Crippen molar-refractivity contribution in [1.29, 1.82) is 0 Å². The third-order valence-corrected chi connectivity index (χ3v) is 3.45. The fourth-order valence-corrected chi connectivity index (χ4v) is 2.54. The molecule has 2 heterocycles. The monoisotopic (exact) mass is 284 g/mol. The Morgan fingerprint density at radius 2 is 2.00 bits per heavy atom. The van der Waals surface area contributed by atoms with Crippen molar-refractivity contribution in [3.05, 3.63) is 52.3 Å². The van der Waals surface area contributed by atoms with Crippen LogP contribution >= 0.6 is 0 Å². The number of hydrogen-bond acceptors (Lipinski definition) is 4. The minimum Gasteiger partial charge on any atom is -0.288 e. The van der Waals surface area contributed by atoms with Gasteiger partial charge < -0.3 is 0 Å². The van der Waals surface area contributed by atoms with Crippen LogP contribution in [0.1, 0.15) is 18.2 Å². The molecule has 0 radical (unpaired) electrons. The lowest BCUT2D eigenvalue weighted by Gasteiger charge is -2.18. The van der Waals surface area contributed by atoms with Gasteiger partial charge in [0.1, 0.15) is 17.3 Å². The summed E-state index contributed by atoms with van der Waals surface area (Å²) < 4.78 is 1.76. The molecule has 0 spiro atoms. The number of amides is 1. The normalized spacial score (nSPS) is 14.7. The summed E-state index contributed by atoms with van der Waals surface area (Å²) in [6.07, 6.45) is 0. The Hall–Kier alpha value is -2.47. The largest absolute Gasteiger partial charge is 0.288 e. The summed E-state index contributed by atoms with van der Waals surface area (Å²) in [6.45, 7) is 4.24. The molecule has 1 aromatic carbocycles. The molecule has 6 heteroatoms. The molecule has 2 aromatic rings. The highest BCUT2D eigenvalue weighted by molar-refractivity contribution is 5.81. The molecule has 6 nitrogen and oxygen atoms in total. The van der Waals surface area contributed by atoms with E-state index in [-0.39, 0.29) is 12.5 Å². The molecule has 1 aliphatic heterocycles. The highest BCUT2D eigenvalue weighted by Gasteiger charge is 2.21. The van der Waals surface area contributed by atoms with Gasteiger partial charge in [0.05, 0.1) is 11.4 Å². The van der Waals surface area contributed by atoms with Gasteiger partial charge in [0.25, 0.3) is 5.91 Å². The Bertz CT molecular complexity index is 808. The molecule has 21 heavy (non-hydrogen) atoms. The van der Waals surface area contributed by atoms with Crippen molar-refractivity contribution in [2.24, 2.45) is 4.99 Å². The number of benzene rings is 1. The van der Waals surface area contributed by atoms with Gasteiger partial charge in [-0.25, -0.2) is 10.1 Å². The lowest BCUT2D eigenvalue weighted by atomic mass is 10.1. The molecule has 1 N–H and O–H groups in total. The van der Waals surface area contributed by atoms with Gasteiger partial charge in [-0.1, -0.05) is 30.3 Å². The first-order chi connectivity index (χ1) is 10.1. The second kappa shape index (κ2) is 5.14. The number of hydroxylamine groups is 2. The zero-order valence-corrected chi connectivity index (χ0v) is 11.9. The standard InChI is InChI=1S/C15H16N4O2/c1-3-18-15-13(10(2)17-18)16-12(20)9-19(21)14(15)11-7-5-4-6-8-11/h4-8,21H,3,9H2,1-2H3. The van der Waals surface area contributed by atoms with E-state index in [9.17, 15) is 10.0 Å². The molecule has 0 aliphatic carbocycles. The van der Waals surface area contributed by atoms with Crippen LogP contribution in [-0.2, 0) is 11.3 Å². The molecule has 1 aromatic heterocycles. The fraction of sp³-hybridized carbons (Fsp3) is 0.267. The van der Waals surface area contributed by atoms with Crippen molar-refractivity contribution < 1.29 is 10.0 Å². The average Bonchev–Trinajstić information content (AvgIpc) is 2.69. The molecule has 0 bridgehead atoms. The molecular weight excluding hydrogens is 268 g/mol. The maximum Gasteiger partial charge on any atom is 0.268 e. The highest BCUT2D eigenvalue weighted by atomic mass is 16.5. The van der Waals surface area contributed by atoms with Gasteiger partial charge in [0.2, 0.25) is 0 Å². The fourth-order valence-electron chi connectivity index (χ4n) is 2.54. The van der Waals surface area contributed by atoms with E-state index in [4.69, 9.17) is 0 Å². The van der Waals surface area contributed by atoms with Crippen molar-refractivity contribution in [3.63, 3.8) is 0 Å². The second-order valence-electron chi connectivity index (χ2n) is 4.88. The quantitative estimate of drug-likeness (QED) is 0.856. The van der Waals surface area contributed by atoms with Gasteiger partial charge in [-0.05, 0) is 13.8 Å². The van der Waals surface area contributed by atoms with Gasteiger partial charge in [0.15, 0.2) is 0 Å². The van der Waals surface area contributed by atoms with Crippen LogP contribution in [0.5, 0.6) is 0 Å². The summed E-state index contributed by atoms with van der Waals surface area (Å²) in [5, 5.41) is 16.9. The summed E-state index contributed by atoms with van der Waals surface area (Å²) >= 11 is 0. The highest BCUT2D eigenvalue weighted by Crippen LogP contribution is 2.14. The van der Waals surface area contributed by atoms with E-state index in [1.54, 1.807) is 4.68 Å². The van der Waals surface area contributed by atoms with Crippen LogP contribution in [0.3, 0.4) is 0 Å². The molecule has 0 saturated carbocycles. The van der Waals surface area contributed by atoms with E-state index in [0.29, 0.717) is 28.6 Å². The Labute approximate surface area is 121 Å². The van der Waals surface area contributed by atoms with Crippen molar-refractivity contribution in [3.8, 4) is 0 Å². The summed E-state index contributed by atoms with van der Waals surface area (Å²) in [5.74, 6) is -0.386. The van der Waals surface area contributed by atoms with Gasteiger partial charge in [-0.15, -0.1) is 0 Å². The first-order valence-electron chi connectivity index (χ1n) is 6.83. The molecule has 1 amide bonds. The number of nitrogens with zero attached hydrogens (tertiary/aromatic N) is 4. The predicted octanol–water partition coefficient (Wildman–Crippen LogP) is 0.219. The average molecular weight is 284 g/mol. The van der Waals surface area contributed by atoms with Crippen LogP contribution in [-0.4, -0.2) is 32.5 Å². The van der Waals surface area contributed by atoms with E-state index >= 15 is 0 Å². The first kappa shape index (κ1) is 13.5. The molecule has 0 saturated heterocycles. The van der Waals surface area contributed by atoms with E-state index < -0.39 is 0 Å². The van der Waals surface area contributed by atoms with Gasteiger partial charge in [-0.3, -0.25) is 14.7 Å². The summed E-state index contributed by atoms with van der Waals surface area (Å²) in [7, 11) is 0. The molecule has 108 valence electrons. The number of carbonyl (C=O) groups is 1. The number of carbonyl (C=O) groups excluding carboxylic acids is 1. The van der Waals surface area contributed by atoms with Crippen molar-refractivity contribution in [1.82, 2.24) is 14.8 Å². The number of hydrogen-bond donors (Lipinski definition) is 1. The van der Waals surface area contributed by atoms with Crippen LogP contribution in [0.2, 0.25) is 0 Å². The van der Waals surface area contributed by atoms with Crippen LogP contribution in [0.4, 0.5) is 0 Å². The zero-order chi connectivity index (χ0) is 15.0. The number of aromatic nitrogens is 2. The van der Waals surface area contributed by atoms with E-state index in [1.165, 1.54) is 0 Å².